The number of carbonyl (C=O) groups is 1. The molecule has 0 unspecified atom stereocenters. The number of fused-ring (bicyclic) bond motifs is 4. The number of amides is 1. The van der Waals surface area contributed by atoms with Gasteiger partial charge in [-0.1, -0.05) is 24.3 Å². The summed E-state index contributed by atoms with van der Waals surface area (Å²) in [6, 6.07) is 16.9. The molecule has 0 radical (unpaired) electrons. The van der Waals surface area contributed by atoms with Crippen LogP contribution in [0.25, 0.3) is 22.5 Å². The van der Waals surface area contributed by atoms with Crippen LogP contribution < -0.4 is 15.5 Å². The number of aryl methyl sites for hydroxylation is 2. The van der Waals surface area contributed by atoms with Gasteiger partial charge in [-0.25, -0.2) is 9.97 Å². The number of rotatable bonds is 7. The van der Waals surface area contributed by atoms with Crippen LogP contribution in [0.15, 0.2) is 54.7 Å². The molecule has 2 N–H and O–H groups in total. The van der Waals surface area contributed by atoms with Gasteiger partial charge in [-0.3, -0.25) is 9.48 Å². The van der Waals surface area contributed by atoms with Gasteiger partial charge in [0.2, 0.25) is 5.95 Å². The van der Waals surface area contributed by atoms with Gasteiger partial charge in [-0.2, -0.15) is 5.10 Å². The molecule has 42 heavy (non-hydrogen) atoms. The molecule has 10 nitrogen and oxygen atoms in total. The Morgan fingerprint density at radius 1 is 0.929 bits per heavy atom. The molecule has 1 saturated heterocycles. The van der Waals surface area contributed by atoms with Crippen molar-refractivity contribution in [2.75, 3.05) is 70.6 Å². The molecule has 0 atom stereocenters. The molecule has 10 heteroatoms. The van der Waals surface area contributed by atoms with Crippen molar-refractivity contribution in [3.63, 3.8) is 0 Å². The fourth-order valence-corrected chi connectivity index (χ4v) is 5.49. The van der Waals surface area contributed by atoms with Gasteiger partial charge in [-0.15, -0.1) is 0 Å². The molecule has 0 bridgehead atoms. The molecule has 1 aliphatic heterocycles. The molecule has 1 amide bonds. The van der Waals surface area contributed by atoms with Crippen molar-refractivity contribution in [3.8, 4) is 22.5 Å². The van der Waals surface area contributed by atoms with E-state index in [9.17, 15) is 4.79 Å². The normalized spacial score (nSPS) is 14.9. The van der Waals surface area contributed by atoms with Crippen LogP contribution in [0.2, 0.25) is 0 Å². The van der Waals surface area contributed by atoms with Crippen LogP contribution in [0.3, 0.4) is 0 Å². The lowest BCUT2D eigenvalue weighted by Crippen LogP contribution is -2.44. The molecule has 1 fully saturated rings. The Morgan fingerprint density at radius 3 is 2.24 bits per heavy atom. The quantitative estimate of drug-likeness (QED) is 0.310. The maximum atomic E-state index is 12.8. The molecule has 3 heterocycles. The molecule has 2 aromatic heterocycles. The van der Waals surface area contributed by atoms with Crippen LogP contribution in [0.4, 0.5) is 17.3 Å². The van der Waals surface area contributed by atoms with E-state index in [4.69, 9.17) is 4.98 Å². The number of nitrogens with zero attached hydrogens (tertiary/aromatic N) is 7. The maximum Gasteiger partial charge on any atom is 0.272 e. The molecule has 1 aromatic carbocycles. The van der Waals surface area contributed by atoms with E-state index in [1.807, 2.05) is 32.2 Å². The Labute approximate surface area is 247 Å². The fraction of sp³-hybridized carbons (Fsp3) is 0.375. The zero-order chi connectivity index (χ0) is 29.2. The number of benzene rings is 2. The Bertz CT molecular complexity index is 1530. The minimum Gasteiger partial charge on any atom is -0.369 e. The van der Waals surface area contributed by atoms with Gasteiger partial charge in [0.15, 0.2) is 5.69 Å². The SMILES string of the molecule is CN(C)CCNC(=O)c1nn(C)c2c1CCc1cnc(Nc3ccc(N4CCN(C)CC4)cc3)nc1-2.c1cc2ccc1-2. The second-order valence-corrected chi connectivity index (χ2v) is 11.5. The predicted octanol–water partition coefficient (Wildman–Crippen LogP) is 3.43. The highest BCUT2D eigenvalue weighted by Gasteiger charge is 2.29. The second-order valence-electron chi connectivity index (χ2n) is 11.5. The lowest BCUT2D eigenvalue weighted by Gasteiger charge is -2.34. The second kappa shape index (κ2) is 11.9. The maximum absolute atomic E-state index is 12.8. The summed E-state index contributed by atoms with van der Waals surface area (Å²) in [4.78, 5) is 29.0. The third kappa shape index (κ3) is 5.86. The van der Waals surface area contributed by atoms with Gasteiger partial charge in [0, 0.05) is 69.5 Å². The van der Waals surface area contributed by atoms with Crippen LogP contribution >= 0.6 is 0 Å². The van der Waals surface area contributed by atoms with Gasteiger partial charge in [0.25, 0.3) is 5.91 Å². The van der Waals surface area contributed by atoms with E-state index >= 15 is 0 Å². The molecular formula is C32H39N9O. The van der Waals surface area contributed by atoms with Crippen molar-refractivity contribution in [2.45, 2.75) is 12.8 Å². The predicted molar refractivity (Wildman–Crippen MR) is 167 cm³/mol. The van der Waals surface area contributed by atoms with Gasteiger partial charge in [0.1, 0.15) is 0 Å². The summed E-state index contributed by atoms with van der Waals surface area (Å²) in [5.41, 5.74) is 9.27. The summed E-state index contributed by atoms with van der Waals surface area (Å²) in [6.07, 6.45) is 3.42. The van der Waals surface area contributed by atoms with Crippen molar-refractivity contribution in [1.82, 2.24) is 34.9 Å². The van der Waals surface area contributed by atoms with E-state index in [2.05, 4.69) is 86.1 Å². The monoisotopic (exact) mass is 565 g/mol. The number of piperazine rings is 1. The molecule has 0 spiro atoms. The standard InChI is InChI=1S/C26H35N9O.C6H4/c1-32(2)12-11-27-25(36)23-21-10-5-18-17-28-26(30-22(18)24(21)34(4)31-23)29-19-6-8-20(9-7-19)35-15-13-33(3)14-16-35;1-2-6-4-3-5(1)6/h6-9,17H,5,10-16H2,1-4H3,(H,27,36)(H,28,29,30);1-4H. The summed E-state index contributed by atoms with van der Waals surface area (Å²) in [6.45, 7) is 5.61. The first-order chi connectivity index (χ1) is 20.4. The molecule has 4 aliphatic rings. The van der Waals surface area contributed by atoms with Crippen molar-refractivity contribution in [3.05, 3.63) is 71.5 Å². The molecule has 0 saturated carbocycles. The minimum atomic E-state index is -0.134. The van der Waals surface area contributed by atoms with Crippen molar-refractivity contribution >= 4 is 23.2 Å². The van der Waals surface area contributed by atoms with Crippen molar-refractivity contribution in [2.24, 2.45) is 7.05 Å². The number of nitrogens with one attached hydrogen (secondary N) is 2. The first kappa shape index (κ1) is 27.9. The third-order valence-electron chi connectivity index (χ3n) is 8.15. The first-order valence-corrected chi connectivity index (χ1v) is 14.6. The summed E-state index contributed by atoms with van der Waals surface area (Å²) in [7, 11) is 8.01. The zero-order valence-corrected chi connectivity index (χ0v) is 24.9. The summed E-state index contributed by atoms with van der Waals surface area (Å²) in [5.74, 6) is 0.400. The van der Waals surface area contributed by atoms with Gasteiger partial charge >= 0.3 is 0 Å². The summed E-state index contributed by atoms with van der Waals surface area (Å²) >= 11 is 0. The average molecular weight is 566 g/mol. The Kier molecular flexibility index (Phi) is 7.90. The minimum absolute atomic E-state index is 0.134. The van der Waals surface area contributed by atoms with Crippen LogP contribution in [0.1, 0.15) is 21.6 Å². The topological polar surface area (TPSA) is 94.4 Å². The molecule has 3 aromatic rings. The highest BCUT2D eigenvalue weighted by Crippen LogP contribution is 2.34. The van der Waals surface area contributed by atoms with E-state index in [0.29, 0.717) is 18.2 Å². The van der Waals surface area contributed by atoms with Gasteiger partial charge < -0.3 is 25.3 Å². The zero-order valence-electron chi connectivity index (χ0n) is 24.9. The highest BCUT2D eigenvalue weighted by atomic mass is 16.2. The summed E-state index contributed by atoms with van der Waals surface area (Å²) < 4.78 is 1.77. The average Bonchev–Trinajstić information content (AvgIpc) is 3.32. The van der Waals surface area contributed by atoms with Crippen LogP contribution in [-0.4, -0.2) is 95.9 Å². The van der Waals surface area contributed by atoms with Crippen LogP contribution in [-0.2, 0) is 19.9 Å². The lowest BCUT2D eigenvalue weighted by atomic mass is 9.93. The Hall–Kier alpha value is -4.28. The Balaban J connectivity index is 0.000000461. The smallest absolute Gasteiger partial charge is 0.272 e. The molecule has 3 aliphatic carbocycles. The van der Waals surface area contributed by atoms with E-state index in [0.717, 1.165) is 73.8 Å². The van der Waals surface area contributed by atoms with Gasteiger partial charge in [-0.05, 0) is 74.9 Å². The number of hydrogen-bond donors (Lipinski definition) is 2. The van der Waals surface area contributed by atoms with Crippen LogP contribution in [0, 0.1) is 0 Å². The highest BCUT2D eigenvalue weighted by molar-refractivity contribution is 5.96. The van der Waals surface area contributed by atoms with E-state index in [1.165, 1.54) is 16.8 Å². The van der Waals surface area contributed by atoms with Gasteiger partial charge in [0.05, 0.1) is 11.4 Å². The molecule has 218 valence electrons. The lowest BCUT2D eigenvalue weighted by molar-refractivity contribution is 0.0944. The number of hydrogen-bond acceptors (Lipinski definition) is 8. The number of likely N-dealkylation sites (N-methyl/N-ethyl adjacent to an activating group) is 2. The summed E-state index contributed by atoms with van der Waals surface area (Å²) in [5, 5.41) is 10.9. The molecule has 7 rings (SSSR count). The van der Waals surface area contributed by atoms with E-state index in [-0.39, 0.29) is 5.91 Å². The Morgan fingerprint density at radius 2 is 1.62 bits per heavy atom. The van der Waals surface area contributed by atoms with Crippen molar-refractivity contribution < 1.29 is 4.79 Å². The molecular weight excluding hydrogens is 526 g/mol. The third-order valence-corrected chi connectivity index (χ3v) is 8.15. The number of aromatic nitrogens is 4. The van der Waals surface area contributed by atoms with Crippen LogP contribution in [0.5, 0.6) is 0 Å². The van der Waals surface area contributed by atoms with E-state index in [1.54, 1.807) is 4.68 Å². The van der Waals surface area contributed by atoms with E-state index < -0.39 is 0 Å². The van der Waals surface area contributed by atoms with Crippen molar-refractivity contribution in [1.29, 1.82) is 0 Å². The number of anilines is 3. The fourth-order valence-electron chi connectivity index (χ4n) is 5.49. The number of carbonyl (C=O) groups excluding carboxylic acids is 1. The first-order valence-electron chi connectivity index (χ1n) is 14.6. The largest absolute Gasteiger partial charge is 0.369 e.